The highest BCUT2D eigenvalue weighted by molar-refractivity contribution is 5.89. The summed E-state index contributed by atoms with van der Waals surface area (Å²) in [7, 11) is 0. The highest BCUT2D eigenvalue weighted by atomic mass is 16.4. The molecule has 1 N–H and O–H groups in total. The number of allylic oxidation sites excluding steroid dienone is 4. The lowest BCUT2D eigenvalue weighted by atomic mass is 10.1. The fourth-order valence-corrected chi connectivity index (χ4v) is 2.10. The first-order valence-electron chi connectivity index (χ1n) is 6.92. The summed E-state index contributed by atoms with van der Waals surface area (Å²) in [5, 5.41) is 9.05. The van der Waals surface area contributed by atoms with Gasteiger partial charge in [0.1, 0.15) is 0 Å². The Morgan fingerprint density at radius 3 is 2.76 bits per heavy atom. The Morgan fingerprint density at radius 1 is 1.24 bits per heavy atom. The van der Waals surface area contributed by atoms with Crippen LogP contribution in [0.4, 0.5) is 0 Å². The van der Waals surface area contributed by atoms with Crippen LogP contribution in [-0.2, 0) is 0 Å². The lowest BCUT2D eigenvalue weighted by Gasteiger charge is -2.08. The Morgan fingerprint density at radius 2 is 2.05 bits per heavy atom. The quantitative estimate of drug-likeness (QED) is 0.817. The number of hydrogen-bond acceptors (Lipinski definition) is 1. The molecule has 2 aromatic rings. The summed E-state index contributed by atoms with van der Waals surface area (Å²) in [6.45, 7) is 4.09. The van der Waals surface area contributed by atoms with E-state index in [1.807, 2.05) is 49.7 Å². The molecule has 0 aliphatic heterocycles. The first-order chi connectivity index (χ1) is 10.1. The number of aromatic nitrogens is 1. The van der Waals surface area contributed by atoms with Gasteiger partial charge in [0.15, 0.2) is 0 Å². The van der Waals surface area contributed by atoms with Crippen LogP contribution in [0.3, 0.4) is 0 Å². The van der Waals surface area contributed by atoms with Crippen molar-refractivity contribution in [3.63, 3.8) is 0 Å². The van der Waals surface area contributed by atoms with E-state index >= 15 is 0 Å². The smallest absolute Gasteiger partial charge is 0.335 e. The lowest BCUT2D eigenvalue weighted by molar-refractivity contribution is 0.0697. The number of benzene rings is 1. The fraction of sp³-hybridized carbons (Fsp3) is 0.167. The molecule has 0 saturated heterocycles. The van der Waals surface area contributed by atoms with Gasteiger partial charge >= 0.3 is 5.97 Å². The second-order valence-electron chi connectivity index (χ2n) is 4.88. The van der Waals surface area contributed by atoms with Crippen molar-refractivity contribution in [1.82, 2.24) is 4.57 Å². The highest BCUT2D eigenvalue weighted by Gasteiger charge is 2.07. The van der Waals surface area contributed by atoms with E-state index in [2.05, 4.69) is 17.6 Å². The second-order valence-corrected chi connectivity index (χ2v) is 4.88. The molecule has 1 heterocycles. The summed E-state index contributed by atoms with van der Waals surface area (Å²) < 4.78 is 2.10. The molecule has 0 aliphatic carbocycles. The van der Waals surface area contributed by atoms with Gasteiger partial charge in [-0.25, -0.2) is 4.79 Å². The molecule has 0 saturated carbocycles. The van der Waals surface area contributed by atoms with Crippen LogP contribution < -0.4 is 0 Å². The minimum Gasteiger partial charge on any atom is -0.478 e. The molecule has 0 bridgehead atoms. The van der Waals surface area contributed by atoms with Crippen LogP contribution in [0.25, 0.3) is 11.1 Å². The number of carbonyl (C=O) groups is 1. The van der Waals surface area contributed by atoms with Crippen LogP contribution >= 0.6 is 0 Å². The zero-order valence-electron chi connectivity index (χ0n) is 12.2. The zero-order chi connectivity index (χ0) is 15.2. The van der Waals surface area contributed by atoms with Crippen molar-refractivity contribution in [3.8, 4) is 11.1 Å². The van der Waals surface area contributed by atoms with Crippen LogP contribution in [0.5, 0.6) is 0 Å². The molecular weight excluding hydrogens is 262 g/mol. The molecule has 0 fully saturated rings. The van der Waals surface area contributed by atoms with Gasteiger partial charge in [0.2, 0.25) is 0 Å². The molecule has 21 heavy (non-hydrogen) atoms. The van der Waals surface area contributed by atoms with Gasteiger partial charge in [-0.1, -0.05) is 36.4 Å². The largest absolute Gasteiger partial charge is 0.478 e. The minimum atomic E-state index is -0.904. The number of aromatic carboxylic acids is 1. The maximum absolute atomic E-state index is 11.0. The minimum absolute atomic E-state index is 0.248. The average Bonchev–Trinajstić information content (AvgIpc) is 2.97. The maximum Gasteiger partial charge on any atom is 0.335 e. The van der Waals surface area contributed by atoms with Crippen molar-refractivity contribution in [3.05, 3.63) is 72.6 Å². The van der Waals surface area contributed by atoms with Gasteiger partial charge in [-0.15, -0.1) is 0 Å². The topological polar surface area (TPSA) is 42.2 Å². The third-order valence-corrected chi connectivity index (χ3v) is 3.32. The van der Waals surface area contributed by atoms with Crippen LogP contribution in [0.1, 0.15) is 30.2 Å². The predicted molar refractivity (Wildman–Crippen MR) is 85.5 cm³/mol. The van der Waals surface area contributed by atoms with Crippen LogP contribution in [-0.4, -0.2) is 15.6 Å². The van der Waals surface area contributed by atoms with Gasteiger partial charge in [0.25, 0.3) is 0 Å². The Hall–Kier alpha value is -2.55. The summed E-state index contributed by atoms with van der Waals surface area (Å²) in [4.78, 5) is 11.0. The molecule has 3 heteroatoms. The van der Waals surface area contributed by atoms with Gasteiger partial charge < -0.3 is 9.67 Å². The van der Waals surface area contributed by atoms with Gasteiger partial charge in [-0.3, -0.25) is 0 Å². The summed E-state index contributed by atoms with van der Waals surface area (Å²) >= 11 is 0. The molecule has 1 aromatic carbocycles. The molecule has 1 atom stereocenters. The van der Waals surface area contributed by atoms with Gasteiger partial charge in [-0.05, 0) is 43.2 Å². The van der Waals surface area contributed by atoms with E-state index in [0.29, 0.717) is 5.56 Å². The van der Waals surface area contributed by atoms with E-state index in [1.165, 1.54) is 0 Å². The Bertz CT molecular complexity index is 680. The SMILES string of the molecule is C/C=C\C=C/C(C)n1ccc(-c2cccc(C(=O)O)c2)c1. The third kappa shape index (κ3) is 3.72. The van der Waals surface area contributed by atoms with E-state index in [-0.39, 0.29) is 6.04 Å². The monoisotopic (exact) mass is 281 g/mol. The molecule has 0 amide bonds. The van der Waals surface area contributed by atoms with E-state index < -0.39 is 5.97 Å². The zero-order valence-corrected chi connectivity index (χ0v) is 12.2. The van der Waals surface area contributed by atoms with Gasteiger partial charge in [0.05, 0.1) is 5.56 Å². The molecule has 108 valence electrons. The van der Waals surface area contributed by atoms with Gasteiger partial charge in [0, 0.05) is 18.4 Å². The summed E-state index contributed by atoms with van der Waals surface area (Å²) in [6, 6.07) is 9.24. The van der Waals surface area contributed by atoms with E-state index in [9.17, 15) is 4.79 Å². The van der Waals surface area contributed by atoms with E-state index in [1.54, 1.807) is 18.2 Å². The maximum atomic E-state index is 11.0. The summed E-state index contributed by atoms with van der Waals surface area (Å²) in [5.74, 6) is -0.904. The number of rotatable bonds is 5. The van der Waals surface area contributed by atoms with Crippen molar-refractivity contribution >= 4 is 5.97 Å². The molecule has 1 unspecified atom stereocenters. The van der Waals surface area contributed by atoms with Crippen LogP contribution in [0.2, 0.25) is 0 Å². The van der Waals surface area contributed by atoms with Crippen molar-refractivity contribution in [2.45, 2.75) is 19.9 Å². The van der Waals surface area contributed by atoms with Crippen molar-refractivity contribution in [2.24, 2.45) is 0 Å². The molecule has 1 aromatic heterocycles. The van der Waals surface area contributed by atoms with Crippen molar-refractivity contribution in [1.29, 1.82) is 0 Å². The first kappa shape index (κ1) is 14.9. The van der Waals surface area contributed by atoms with Gasteiger partial charge in [-0.2, -0.15) is 0 Å². The Balaban J connectivity index is 2.23. The van der Waals surface area contributed by atoms with Crippen LogP contribution in [0, 0.1) is 0 Å². The number of carboxylic acids is 1. The molecule has 0 spiro atoms. The first-order valence-corrected chi connectivity index (χ1v) is 6.92. The predicted octanol–water partition coefficient (Wildman–Crippen LogP) is 4.55. The normalized spacial score (nSPS) is 13.0. The number of hydrogen-bond donors (Lipinski definition) is 1. The Kier molecular flexibility index (Phi) is 4.77. The van der Waals surface area contributed by atoms with E-state index in [4.69, 9.17) is 5.11 Å². The number of nitrogens with zero attached hydrogens (tertiary/aromatic N) is 1. The van der Waals surface area contributed by atoms with Crippen LogP contribution in [0.15, 0.2) is 67.0 Å². The highest BCUT2D eigenvalue weighted by Crippen LogP contribution is 2.23. The standard InChI is InChI=1S/C18H19NO2/c1-3-4-5-7-14(2)19-11-10-17(13-19)15-8-6-9-16(12-15)18(20)21/h3-14H,1-2H3,(H,20,21)/b4-3-,7-5-. The molecule has 0 aliphatic rings. The summed E-state index contributed by atoms with van der Waals surface area (Å²) in [5.41, 5.74) is 2.24. The molecule has 0 radical (unpaired) electrons. The molecule has 2 rings (SSSR count). The fourth-order valence-electron chi connectivity index (χ4n) is 2.10. The Labute approximate surface area is 124 Å². The second kappa shape index (κ2) is 6.75. The van der Waals surface area contributed by atoms with Crippen molar-refractivity contribution < 1.29 is 9.90 Å². The summed E-state index contributed by atoms with van der Waals surface area (Å²) in [6.07, 6.45) is 12.2. The average molecular weight is 281 g/mol. The third-order valence-electron chi connectivity index (χ3n) is 3.32. The molecular formula is C18H19NO2. The lowest BCUT2D eigenvalue weighted by Crippen LogP contribution is -1.98. The van der Waals surface area contributed by atoms with Crippen molar-refractivity contribution in [2.75, 3.05) is 0 Å². The van der Waals surface area contributed by atoms with E-state index in [0.717, 1.165) is 11.1 Å². The molecule has 3 nitrogen and oxygen atoms in total. The number of carboxylic acid groups (broad SMARTS) is 1.